The molecule has 12 heteroatoms. The molecular weight excluding hydrogens is 416 g/mol. The average Bonchev–Trinajstić information content (AvgIpc) is 3.11. The van der Waals surface area contributed by atoms with Crippen molar-refractivity contribution in [3.8, 4) is 0 Å². The fourth-order valence-electron chi connectivity index (χ4n) is 3.73. The largest absolute Gasteiger partial charge is 0.452 e. The number of sulfone groups is 1. The van der Waals surface area contributed by atoms with E-state index in [1.807, 2.05) is 0 Å². The zero-order valence-corrected chi connectivity index (χ0v) is 17.4. The van der Waals surface area contributed by atoms with E-state index in [0.717, 1.165) is 6.07 Å². The summed E-state index contributed by atoms with van der Waals surface area (Å²) in [6.07, 6.45) is 0.616. The number of non-ortho nitro benzene ring substituents is 1. The Labute approximate surface area is 174 Å². The van der Waals surface area contributed by atoms with Gasteiger partial charge in [-0.15, -0.1) is 0 Å². The van der Waals surface area contributed by atoms with E-state index in [0.29, 0.717) is 38.3 Å². The van der Waals surface area contributed by atoms with Crippen LogP contribution in [-0.2, 0) is 19.4 Å². The van der Waals surface area contributed by atoms with Crippen molar-refractivity contribution in [3.63, 3.8) is 0 Å². The van der Waals surface area contributed by atoms with Crippen LogP contribution in [0.3, 0.4) is 0 Å². The Morgan fingerprint density at radius 1 is 1.27 bits per heavy atom. The fourth-order valence-corrected chi connectivity index (χ4v) is 5.49. The van der Waals surface area contributed by atoms with E-state index in [1.54, 1.807) is 11.9 Å². The average molecular weight is 440 g/mol. The van der Waals surface area contributed by atoms with Gasteiger partial charge in [-0.2, -0.15) is 0 Å². The number of anilines is 1. The molecular formula is C18H24N4O7S. The van der Waals surface area contributed by atoms with Gasteiger partial charge >= 0.3 is 5.97 Å². The third-order valence-electron chi connectivity index (χ3n) is 5.42. The Balaban J connectivity index is 1.52. The maximum absolute atomic E-state index is 12.4. The number of ether oxygens (including phenoxy) is 1. The van der Waals surface area contributed by atoms with Gasteiger partial charge in [-0.25, -0.2) is 13.2 Å². The monoisotopic (exact) mass is 440 g/mol. The molecule has 0 spiro atoms. The Morgan fingerprint density at radius 3 is 2.53 bits per heavy atom. The van der Waals surface area contributed by atoms with Gasteiger partial charge in [-0.1, -0.05) is 0 Å². The smallest absolute Gasteiger partial charge is 0.341 e. The molecule has 2 heterocycles. The van der Waals surface area contributed by atoms with Gasteiger partial charge in [0, 0.05) is 57.1 Å². The van der Waals surface area contributed by atoms with Gasteiger partial charge in [0.05, 0.1) is 22.0 Å². The van der Waals surface area contributed by atoms with Gasteiger partial charge in [-0.05, 0) is 12.5 Å². The minimum absolute atomic E-state index is 0.00100. The van der Waals surface area contributed by atoms with Crippen molar-refractivity contribution >= 4 is 33.1 Å². The molecule has 1 N–H and O–H groups in total. The second kappa shape index (κ2) is 8.96. The Kier molecular flexibility index (Phi) is 6.56. The SMILES string of the molecule is CNc1ccc([N+](=O)[O-])cc1C(=O)OCC(=O)N1CCN(C2CCS(=O)(=O)C2)CC1. The predicted octanol–water partition coefficient (Wildman–Crippen LogP) is 0.125. The maximum atomic E-state index is 12.4. The fraction of sp³-hybridized carbons (Fsp3) is 0.556. The van der Waals surface area contributed by atoms with Gasteiger partial charge in [-0.3, -0.25) is 19.8 Å². The molecule has 1 unspecified atom stereocenters. The highest BCUT2D eigenvalue weighted by Crippen LogP contribution is 2.23. The molecule has 1 amide bonds. The van der Waals surface area contributed by atoms with E-state index in [4.69, 9.17) is 4.74 Å². The van der Waals surface area contributed by atoms with E-state index in [2.05, 4.69) is 10.2 Å². The first-order valence-corrected chi connectivity index (χ1v) is 11.4. The summed E-state index contributed by atoms with van der Waals surface area (Å²) in [5, 5.41) is 13.7. The van der Waals surface area contributed by atoms with Crippen LogP contribution >= 0.6 is 0 Å². The molecule has 2 aliphatic rings. The molecule has 0 radical (unpaired) electrons. The lowest BCUT2D eigenvalue weighted by molar-refractivity contribution is -0.384. The molecule has 1 aromatic carbocycles. The highest BCUT2D eigenvalue weighted by atomic mass is 32.2. The molecule has 0 aliphatic carbocycles. The van der Waals surface area contributed by atoms with Gasteiger partial charge in [0.2, 0.25) is 0 Å². The standard InChI is InChI=1S/C18H24N4O7S/c1-19-16-3-2-13(22(25)26)10-15(16)18(24)29-11-17(23)21-7-5-20(6-8-21)14-4-9-30(27,28)12-14/h2-3,10,14,19H,4-9,11-12H2,1H3. The van der Waals surface area contributed by atoms with Crippen LogP contribution in [0.25, 0.3) is 0 Å². The number of nitrogens with zero attached hydrogens (tertiary/aromatic N) is 3. The van der Waals surface area contributed by atoms with Crippen molar-refractivity contribution in [2.45, 2.75) is 12.5 Å². The number of nitro benzene ring substituents is 1. The first kappa shape index (κ1) is 22.0. The lowest BCUT2D eigenvalue weighted by atomic mass is 10.1. The van der Waals surface area contributed by atoms with Crippen molar-refractivity contribution in [1.82, 2.24) is 9.80 Å². The second-order valence-electron chi connectivity index (χ2n) is 7.29. The molecule has 11 nitrogen and oxygen atoms in total. The van der Waals surface area contributed by atoms with Crippen LogP contribution in [0, 0.1) is 10.1 Å². The van der Waals surface area contributed by atoms with E-state index < -0.39 is 27.3 Å². The quantitative estimate of drug-likeness (QED) is 0.371. The van der Waals surface area contributed by atoms with Gasteiger partial charge in [0.15, 0.2) is 16.4 Å². The molecule has 1 atom stereocenters. The number of benzene rings is 1. The lowest BCUT2D eigenvalue weighted by Crippen LogP contribution is -2.53. The minimum Gasteiger partial charge on any atom is -0.452 e. The number of esters is 1. The molecule has 3 rings (SSSR count). The molecule has 0 saturated carbocycles. The molecule has 1 aromatic rings. The predicted molar refractivity (Wildman–Crippen MR) is 108 cm³/mol. The van der Waals surface area contributed by atoms with Crippen LogP contribution in [0.5, 0.6) is 0 Å². The highest BCUT2D eigenvalue weighted by molar-refractivity contribution is 7.91. The molecule has 164 valence electrons. The third kappa shape index (κ3) is 5.05. The van der Waals surface area contributed by atoms with E-state index in [-0.39, 0.29) is 34.7 Å². The van der Waals surface area contributed by atoms with Crippen LogP contribution in [-0.4, -0.2) is 92.4 Å². The number of amides is 1. The number of carbonyl (C=O) groups is 2. The second-order valence-corrected chi connectivity index (χ2v) is 9.52. The van der Waals surface area contributed by atoms with Gasteiger partial charge in [0.25, 0.3) is 11.6 Å². The maximum Gasteiger partial charge on any atom is 0.341 e. The molecule has 0 bridgehead atoms. The Hall–Kier alpha value is -2.73. The van der Waals surface area contributed by atoms with Crippen LogP contribution < -0.4 is 5.32 Å². The zero-order valence-electron chi connectivity index (χ0n) is 16.6. The summed E-state index contributed by atoms with van der Waals surface area (Å²) in [4.78, 5) is 38.7. The molecule has 0 aromatic heterocycles. The molecule has 30 heavy (non-hydrogen) atoms. The Bertz CT molecular complexity index is 942. The number of rotatable bonds is 6. The number of piperazine rings is 1. The number of nitro groups is 1. The van der Waals surface area contributed by atoms with Crippen molar-refractivity contribution in [1.29, 1.82) is 0 Å². The van der Waals surface area contributed by atoms with Crippen molar-refractivity contribution in [2.75, 3.05) is 56.7 Å². The summed E-state index contributed by atoms with van der Waals surface area (Å²) >= 11 is 0. The Morgan fingerprint density at radius 2 is 1.97 bits per heavy atom. The summed E-state index contributed by atoms with van der Waals surface area (Å²) in [6.45, 7) is 1.50. The first-order chi connectivity index (χ1) is 14.2. The zero-order chi connectivity index (χ0) is 21.9. The summed E-state index contributed by atoms with van der Waals surface area (Å²) in [5.41, 5.74) is 0.0854. The van der Waals surface area contributed by atoms with Crippen LogP contribution in [0.1, 0.15) is 16.8 Å². The third-order valence-corrected chi connectivity index (χ3v) is 7.17. The summed E-state index contributed by atoms with van der Waals surface area (Å²) in [7, 11) is -1.39. The summed E-state index contributed by atoms with van der Waals surface area (Å²) in [5.74, 6) is -0.820. The number of carbonyl (C=O) groups excluding carboxylic acids is 2. The van der Waals surface area contributed by atoms with E-state index in [9.17, 15) is 28.1 Å². The van der Waals surface area contributed by atoms with Crippen LogP contribution in [0.4, 0.5) is 11.4 Å². The number of nitrogens with one attached hydrogen (secondary N) is 1. The molecule has 2 aliphatic heterocycles. The normalized spacial score (nSPS) is 21.2. The van der Waals surface area contributed by atoms with Crippen LogP contribution in [0.15, 0.2) is 18.2 Å². The topological polar surface area (TPSA) is 139 Å². The van der Waals surface area contributed by atoms with Crippen molar-refractivity contribution in [3.05, 3.63) is 33.9 Å². The minimum atomic E-state index is -2.96. The van der Waals surface area contributed by atoms with E-state index in [1.165, 1.54) is 12.1 Å². The lowest BCUT2D eigenvalue weighted by Gasteiger charge is -2.37. The summed E-state index contributed by atoms with van der Waals surface area (Å²) < 4.78 is 28.4. The number of hydrogen-bond donors (Lipinski definition) is 1. The molecule has 2 saturated heterocycles. The highest BCUT2D eigenvalue weighted by Gasteiger charge is 2.34. The first-order valence-electron chi connectivity index (χ1n) is 9.56. The van der Waals surface area contributed by atoms with Crippen molar-refractivity contribution in [2.24, 2.45) is 0 Å². The van der Waals surface area contributed by atoms with E-state index >= 15 is 0 Å². The molecule has 2 fully saturated rings. The van der Waals surface area contributed by atoms with Gasteiger partial charge < -0.3 is 15.0 Å². The summed E-state index contributed by atoms with van der Waals surface area (Å²) in [6, 6.07) is 3.77. The van der Waals surface area contributed by atoms with Crippen molar-refractivity contribution < 1.29 is 27.7 Å². The number of hydrogen-bond acceptors (Lipinski definition) is 9. The van der Waals surface area contributed by atoms with Gasteiger partial charge in [0.1, 0.15) is 0 Å². The van der Waals surface area contributed by atoms with Crippen LogP contribution in [0.2, 0.25) is 0 Å².